The summed E-state index contributed by atoms with van der Waals surface area (Å²) in [6.07, 6.45) is 3.07. The van der Waals surface area contributed by atoms with Crippen molar-refractivity contribution in [2.45, 2.75) is 20.8 Å². The monoisotopic (exact) mass is 295 g/mol. The highest BCUT2D eigenvalue weighted by molar-refractivity contribution is 6.08. The quantitative estimate of drug-likeness (QED) is 0.363. The van der Waals surface area contributed by atoms with E-state index in [2.05, 4.69) is 0 Å². The van der Waals surface area contributed by atoms with Gasteiger partial charge in [0, 0.05) is 17.7 Å². The van der Waals surface area contributed by atoms with Gasteiger partial charge in [0.05, 0.1) is 4.92 Å². The lowest BCUT2D eigenvalue weighted by molar-refractivity contribution is -0.384. The molecule has 0 aliphatic heterocycles. The zero-order chi connectivity index (χ0) is 16.3. The predicted octanol–water partition coefficient (Wildman–Crippen LogP) is 4.42. The van der Waals surface area contributed by atoms with Gasteiger partial charge in [0.2, 0.25) is 0 Å². The number of allylic oxidation sites excluding steroid dienone is 1. The Bertz CT molecular complexity index is 753. The molecule has 0 fully saturated rings. The van der Waals surface area contributed by atoms with E-state index in [4.69, 9.17) is 0 Å². The van der Waals surface area contributed by atoms with Gasteiger partial charge in [0.25, 0.3) is 5.69 Å². The molecule has 0 N–H and O–H groups in total. The highest BCUT2D eigenvalue weighted by atomic mass is 16.6. The highest BCUT2D eigenvalue weighted by Gasteiger charge is 2.10. The maximum atomic E-state index is 12.4. The number of nitro benzene ring substituents is 1. The van der Waals surface area contributed by atoms with Gasteiger partial charge in [-0.15, -0.1) is 0 Å². The fraction of sp³-hybridized carbons (Fsp3) is 0.167. The van der Waals surface area contributed by atoms with Crippen molar-refractivity contribution in [3.63, 3.8) is 0 Å². The van der Waals surface area contributed by atoms with Crippen molar-refractivity contribution in [2.24, 2.45) is 0 Å². The van der Waals surface area contributed by atoms with E-state index in [1.54, 1.807) is 18.2 Å². The molecule has 0 heterocycles. The normalized spacial score (nSPS) is 10.9. The summed E-state index contributed by atoms with van der Waals surface area (Å²) in [5.41, 5.74) is 4.32. The van der Waals surface area contributed by atoms with Crippen LogP contribution in [0.15, 0.2) is 42.5 Å². The number of carbonyl (C=O) groups is 1. The molecule has 0 aromatic heterocycles. The van der Waals surface area contributed by atoms with Gasteiger partial charge in [0.15, 0.2) is 5.78 Å². The molecule has 0 aliphatic carbocycles. The van der Waals surface area contributed by atoms with Crippen LogP contribution in [0.3, 0.4) is 0 Å². The van der Waals surface area contributed by atoms with Crippen LogP contribution in [-0.4, -0.2) is 10.7 Å². The van der Waals surface area contributed by atoms with E-state index in [-0.39, 0.29) is 11.5 Å². The number of carbonyl (C=O) groups excluding carboxylic acids is 1. The molecule has 0 saturated heterocycles. The topological polar surface area (TPSA) is 60.2 Å². The molecule has 112 valence electrons. The second-order valence-electron chi connectivity index (χ2n) is 5.32. The van der Waals surface area contributed by atoms with E-state index in [0.717, 1.165) is 16.7 Å². The summed E-state index contributed by atoms with van der Waals surface area (Å²) in [5.74, 6) is -0.0958. The van der Waals surface area contributed by atoms with Crippen LogP contribution in [0, 0.1) is 30.9 Å². The van der Waals surface area contributed by atoms with Crippen molar-refractivity contribution < 1.29 is 9.72 Å². The molecule has 0 unspecified atom stereocenters. The smallest absolute Gasteiger partial charge is 0.270 e. The van der Waals surface area contributed by atoms with Crippen molar-refractivity contribution >= 4 is 17.5 Å². The number of hydrogen-bond donors (Lipinski definition) is 0. The van der Waals surface area contributed by atoms with Crippen LogP contribution < -0.4 is 0 Å². The Morgan fingerprint density at radius 3 is 2.32 bits per heavy atom. The summed E-state index contributed by atoms with van der Waals surface area (Å²) in [6.45, 7) is 5.82. The minimum absolute atomic E-state index is 0.0114. The number of benzene rings is 2. The lowest BCUT2D eigenvalue weighted by atomic mass is 9.96. The van der Waals surface area contributed by atoms with E-state index in [1.165, 1.54) is 18.2 Å². The van der Waals surface area contributed by atoms with Gasteiger partial charge >= 0.3 is 0 Å². The molecule has 0 radical (unpaired) electrons. The Labute approximate surface area is 129 Å². The van der Waals surface area contributed by atoms with Crippen molar-refractivity contribution in [3.05, 3.63) is 80.4 Å². The third-order valence-electron chi connectivity index (χ3n) is 3.43. The number of ketones is 1. The van der Waals surface area contributed by atoms with Gasteiger partial charge in [-0.2, -0.15) is 0 Å². The van der Waals surface area contributed by atoms with Crippen molar-refractivity contribution in [2.75, 3.05) is 0 Å². The lowest BCUT2D eigenvalue weighted by Crippen LogP contribution is -2.02. The molecule has 4 nitrogen and oxygen atoms in total. The summed E-state index contributed by atoms with van der Waals surface area (Å²) < 4.78 is 0. The summed E-state index contributed by atoms with van der Waals surface area (Å²) in [4.78, 5) is 22.7. The second-order valence-corrected chi connectivity index (χ2v) is 5.32. The predicted molar refractivity (Wildman–Crippen MR) is 87.1 cm³/mol. The van der Waals surface area contributed by atoms with Gasteiger partial charge in [-0.05, 0) is 43.5 Å². The summed E-state index contributed by atoms with van der Waals surface area (Å²) >= 11 is 0. The molecule has 2 rings (SSSR count). The average molecular weight is 295 g/mol. The second kappa shape index (κ2) is 6.35. The Hall–Kier alpha value is -2.75. The molecule has 4 heteroatoms. The standard InChI is InChI=1S/C18H17NO3/c1-12-9-13(2)18(14(3)10-12)17(20)8-7-15-5-4-6-16(11-15)19(21)22/h4-11H,1-3H3. The first kappa shape index (κ1) is 15.6. The lowest BCUT2D eigenvalue weighted by Gasteiger charge is -2.08. The number of nitro groups is 1. The summed E-state index contributed by atoms with van der Waals surface area (Å²) in [6, 6.07) is 10.1. The minimum Gasteiger partial charge on any atom is -0.289 e. The maximum Gasteiger partial charge on any atom is 0.270 e. The average Bonchev–Trinajstić information content (AvgIpc) is 2.44. The molecular formula is C18H17NO3. The van der Waals surface area contributed by atoms with Gasteiger partial charge in [-0.1, -0.05) is 35.9 Å². The number of rotatable bonds is 4. The molecule has 0 amide bonds. The minimum atomic E-state index is -0.451. The van der Waals surface area contributed by atoms with Crippen LogP contribution in [0.5, 0.6) is 0 Å². The fourth-order valence-corrected chi connectivity index (χ4v) is 2.57. The number of aryl methyl sites for hydroxylation is 3. The molecule has 22 heavy (non-hydrogen) atoms. The SMILES string of the molecule is Cc1cc(C)c(C(=O)C=Cc2cccc([N+](=O)[O-])c2)c(C)c1. The van der Waals surface area contributed by atoms with Crippen LogP contribution in [0.2, 0.25) is 0 Å². The largest absolute Gasteiger partial charge is 0.289 e. The molecule has 0 spiro atoms. The Morgan fingerprint density at radius 2 is 1.73 bits per heavy atom. The third kappa shape index (κ3) is 3.47. The van der Waals surface area contributed by atoms with Crippen molar-refractivity contribution in [3.8, 4) is 0 Å². The summed E-state index contributed by atoms with van der Waals surface area (Å²) in [5, 5.41) is 10.7. The first-order valence-electron chi connectivity index (χ1n) is 6.93. The van der Waals surface area contributed by atoms with Gasteiger partial charge in [-0.3, -0.25) is 14.9 Å². The van der Waals surface area contributed by atoms with Gasteiger partial charge < -0.3 is 0 Å². The van der Waals surface area contributed by atoms with E-state index >= 15 is 0 Å². The Balaban J connectivity index is 2.29. The van der Waals surface area contributed by atoms with Crippen LogP contribution >= 0.6 is 0 Å². The first-order valence-corrected chi connectivity index (χ1v) is 6.93. The van der Waals surface area contributed by atoms with E-state index in [1.807, 2.05) is 32.9 Å². The van der Waals surface area contributed by atoms with E-state index in [9.17, 15) is 14.9 Å². The van der Waals surface area contributed by atoms with Crippen LogP contribution in [0.4, 0.5) is 5.69 Å². The Morgan fingerprint density at radius 1 is 1.09 bits per heavy atom. The Kier molecular flexibility index (Phi) is 4.51. The van der Waals surface area contributed by atoms with Crippen LogP contribution in [0.25, 0.3) is 6.08 Å². The van der Waals surface area contributed by atoms with Crippen LogP contribution in [0.1, 0.15) is 32.6 Å². The fourth-order valence-electron chi connectivity index (χ4n) is 2.57. The van der Waals surface area contributed by atoms with E-state index in [0.29, 0.717) is 11.1 Å². The molecule has 0 saturated carbocycles. The summed E-state index contributed by atoms with van der Waals surface area (Å²) in [7, 11) is 0. The van der Waals surface area contributed by atoms with Crippen molar-refractivity contribution in [1.82, 2.24) is 0 Å². The van der Waals surface area contributed by atoms with Crippen molar-refractivity contribution in [1.29, 1.82) is 0 Å². The first-order chi connectivity index (χ1) is 10.4. The molecule has 2 aromatic rings. The molecule has 2 aromatic carbocycles. The molecule has 0 aliphatic rings. The maximum absolute atomic E-state index is 12.4. The number of nitrogens with zero attached hydrogens (tertiary/aromatic N) is 1. The zero-order valence-electron chi connectivity index (χ0n) is 12.8. The van der Waals surface area contributed by atoms with Gasteiger partial charge in [-0.25, -0.2) is 0 Å². The highest BCUT2D eigenvalue weighted by Crippen LogP contribution is 2.19. The number of hydrogen-bond acceptors (Lipinski definition) is 3. The molecule has 0 atom stereocenters. The number of non-ortho nitro benzene ring substituents is 1. The molecular weight excluding hydrogens is 278 g/mol. The molecule has 0 bridgehead atoms. The third-order valence-corrected chi connectivity index (χ3v) is 3.43. The van der Waals surface area contributed by atoms with E-state index < -0.39 is 4.92 Å². The van der Waals surface area contributed by atoms with Gasteiger partial charge in [0.1, 0.15) is 0 Å². The van der Waals surface area contributed by atoms with Crippen LogP contribution in [-0.2, 0) is 0 Å². The zero-order valence-corrected chi connectivity index (χ0v) is 12.8.